The first-order valence-corrected chi connectivity index (χ1v) is 16.3. The fourth-order valence-corrected chi connectivity index (χ4v) is 7.41. The van der Waals surface area contributed by atoms with Crippen molar-refractivity contribution in [1.82, 2.24) is 14.9 Å². The molecule has 0 radical (unpaired) electrons. The summed E-state index contributed by atoms with van der Waals surface area (Å²) in [6, 6.07) is 7.00. The van der Waals surface area contributed by atoms with Gasteiger partial charge in [-0.15, -0.1) is 0 Å². The number of rotatable bonds is 5. The smallest absolute Gasteiger partial charge is 0.411 e. The van der Waals surface area contributed by atoms with E-state index in [4.69, 9.17) is 4.74 Å². The molecule has 4 amide bonds. The summed E-state index contributed by atoms with van der Waals surface area (Å²) in [7, 11) is -2.16. The molecule has 230 valence electrons. The van der Waals surface area contributed by atoms with Crippen molar-refractivity contribution >= 4 is 39.5 Å². The number of amides is 4. The molecular weight excluding hydrogens is 574 g/mol. The molecule has 3 N–H and O–H groups in total. The number of sulfonamides is 1. The van der Waals surface area contributed by atoms with Crippen molar-refractivity contribution in [3.8, 4) is 6.07 Å². The first-order valence-electron chi connectivity index (χ1n) is 14.7. The van der Waals surface area contributed by atoms with Gasteiger partial charge in [-0.2, -0.15) is 5.26 Å². The van der Waals surface area contributed by atoms with Gasteiger partial charge in [-0.1, -0.05) is 18.2 Å². The molecule has 0 saturated heterocycles. The van der Waals surface area contributed by atoms with Gasteiger partial charge >= 0.3 is 6.09 Å². The van der Waals surface area contributed by atoms with Crippen LogP contribution in [0.1, 0.15) is 62.5 Å². The van der Waals surface area contributed by atoms with Gasteiger partial charge in [0, 0.05) is 19.5 Å². The van der Waals surface area contributed by atoms with Crippen molar-refractivity contribution in [3.05, 3.63) is 41.5 Å². The number of ether oxygens (including phenoxy) is 1. The first kappa shape index (κ1) is 30.5. The van der Waals surface area contributed by atoms with Gasteiger partial charge in [-0.25, -0.2) is 13.2 Å². The maximum atomic E-state index is 13.8. The Kier molecular flexibility index (Phi) is 8.51. The van der Waals surface area contributed by atoms with Gasteiger partial charge < -0.3 is 15.0 Å². The third-order valence-corrected chi connectivity index (χ3v) is 10.6. The van der Waals surface area contributed by atoms with Crippen LogP contribution in [0.15, 0.2) is 30.4 Å². The minimum absolute atomic E-state index is 0.0427. The number of nitrogens with one attached hydrogen (secondary N) is 3. The molecule has 3 fully saturated rings. The molecule has 3 saturated carbocycles. The van der Waals surface area contributed by atoms with Crippen LogP contribution >= 0.6 is 0 Å². The lowest BCUT2D eigenvalue weighted by Gasteiger charge is -2.26. The Morgan fingerprint density at radius 3 is 2.63 bits per heavy atom. The predicted molar refractivity (Wildman–Crippen MR) is 156 cm³/mol. The van der Waals surface area contributed by atoms with Crippen LogP contribution in [0.3, 0.4) is 0 Å². The normalized spacial score (nSPS) is 29.3. The van der Waals surface area contributed by atoms with Crippen molar-refractivity contribution in [2.75, 3.05) is 18.9 Å². The number of carbonyl (C=O) groups is 4. The van der Waals surface area contributed by atoms with E-state index in [0.29, 0.717) is 25.1 Å². The fourth-order valence-electron chi connectivity index (χ4n) is 6.04. The Morgan fingerprint density at radius 1 is 1.16 bits per heavy atom. The van der Waals surface area contributed by atoms with Crippen LogP contribution < -0.4 is 15.4 Å². The average Bonchev–Trinajstić information content (AvgIpc) is 3.87. The summed E-state index contributed by atoms with van der Waals surface area (Å²) in [5.41, 5.74) is -0.0483. The van der Waals surface area contributed by atoms with E-state index < -0.39 is 56.7 Å². The van der Waals surface area contributed by atoms with Gasteiger partial charge in [0.2, 0.25) is 21.8 Å². The molecule has 1 aromatic carbocycles. The van der Waals surface area contributed by atoms with E-state index in [2.05, 4.69) is 15.4 Å². The Bertz CT molecular complexity index is 1500. The number of hydrogen-bond acceptors (Lipinski definition) is 8. The Labute approximate surface area is 251 Å². The molecule has 5 atom stereocenters. The molecule has 43 heavy (non-hydrogen) atoms. The molecule has 4 aliphatic rings. The Hall–Kier alpha value is -3.92. The lowest BCUT2D eigenvalue weighted by Crippen LogP contribution is -2.54. The molecule has 0 bridgehead atoms. The second-order valence-corrected chi connectivity index (χ2v) is 14.1. The van der Waals surface area contributed by atoms with Gasteiger partial charge in [0.15, 0.2) is 0 Å². The zero-order valence-corrected chi connectivity index (χ0v) is 25.1. The molecule has 1 aromatic rings. The fraction of sp³-hybridized carbons (Fsp3) is 0.567. The third kappa shape index (κ3) is 6.69. The molecule has 5 rings (SSSR count). The van der Waals surface area contributed by atoms with Crippen LogP contribution in [0, 0.1) is 36.0 Å². The summed E-state index contributed by atoms with van der Waals surface area (Å²) in [5, 5.41) is 14.2. The number of allylic oxidation sites excluding steroid dienone is 1. The molecule has 0 aromatic heterocycles. The zero-order chi connectivity index (χ0) is 30.9. The molecule has 13 heteroatoms. The Morgan fingerprint density at radius 2 is 1.91 bits per heavy atom. The summed E-state index contributed by atoms with van der Waals surface area (Å²) in [4.78, 5) is 55.1. The highest BCUT2D eigenvalue weighted by Gasteiger charge is 2.62. The molecule has 5 unspecified atom stereocenters. The van der Waals surface area contributed by atoms with Crippen LogP contribution in [-0.2, 0) is 29.1 Å². The lowest BCUT2D eigenvalue weighted by molar-refractivity contribution is -0.140. The summed E-state index contributed by atoms with van der Waals surface area (Å²) >= 11 is 0. The summed E-state index contributed by atoms with van der Waals surface area (Å²) < 4.78 is 32.9. The van der Waals surface area contributed by atoms with Crippen LogP contribution in [-0.4, -0.2) is 67.6 Å². The zero-order valence-electron chi connectivity index (χ0n) is 24.3. The SMILES string of the molecule is Cc1ccc(C#N)c(NC(=O)OC2CC3C(=O)NC4(C(=O)NS(=O)(=O)C5CC5)CC4C=CCCCCN(C)C(=O)C3C2)c1. The average molecular weight is 612 g/mol. The number of carbonyl (C=O) groups excluding carboxylic acids is 4. The molecule has 1 heterocycles. The maximum absolute atomic E-state index is 13.8. The number of nitrogens with zero attached hydrogens (tertiary/aromatic N) is 2. The summed E-state index contributed by atoms with van der Waals surface area (Å²) in [6.07, 6.45) is 5.83. The Balaban J connectivity index is 1.35. The van der Waals surface area contributed by atoms with Gasteiger partial charge in [0.1, 0.15) is 17.7 Å². The van der Waals surface area contributed by atoms with E-state index in [9.17, 15) is 32.9 Å². The van der Waals surface area contributed by atoms with Crippen LogP contribution in [0.2, 0.25) is 0 Å². The maximum Gasteiger partial charge on any atom is 0.411 e. The number of hydrogen-bond donors (Lipinski definition) is 3. The van der Waals surface area contributed by atoms with Gasteiger partial charge in [0.25, 0.3) is 5.91 Å². The minimum atomic E-state index is -3.84. The molecular formula is C30H37N5O7S. The third-order valence-electron chi connectivity index (χ3n) is 8.80. The number of benzene rings is 1. The quantitative estimate of drug-likeness (QED) is 0.426. The van der Waals surface area contributed by atoms with E-state index >= 15 is 0 Å². The van der Waals surface area contributed by atoms with Crippen LogP contribution in [0.4, 0.5) is 10.5 Å². The lowest BCUT2D eigenvalue weighted by atomic mass is 9.93. The predicted octanol–water partition coefficient (Wildman–Crippen LogP) is 2.49. The van der Waals surface area contributed by atoms with E-state index in [1.54, 1.807) is 30.1 Å². The number of aryl methyl sites for hydroxylation is 1. The van der Waals surface area contributed by atoms with Crippen molar-refractivity contribution in [1.29, 1.82) is 5.26 Å². The number of fused-ring (bicyclic) bond motifs is 2. The highest BCUT2D eigenvalue weighted by Crippen LogP contribution is 2.47. The van der Waals surface area contributed by atoms with E-state index in [0.717, 1.165) is 24.8 Å². The number of nitriles is 1. The number of anilines is 1. The van der Waals surface area contributed by atoms with Crippen molar-refractivity contribution in [2.45, 2.75) is 75.2 Å². The van der Waals surface area contributed by atoms with Crippen LogP contribution in [0.25, 0.3) is 0 Å². The first-order chi connectivity index (χ1) is 20.4. The molecule has 12 nitrogen and oxygen atoms in total. The molecule has 3 aliphatic carbocycles. The highest BCUT2D eigenvalue weighted by atomic mass is 32.2. The highest BCUT2D eigenvalue weighted by molar-refractivity contribution is 7.91. The van der Waals surface area contributed by atoms with Gasteiger partial charge in [-0.05, 0) is 76.0 Å². The summed E-state index contributed by atoms with van der Waals surface area (Å²) in [5.74, 6) is -3.68. The van der Waals surface area contributed by atoms with Crippen molar-refractivity contribution < 1.29 is 32.3 Å². The van der Waals surface area contributed by atoms with Crippen molar-refractivity contribution in [2.24, 2.45) is 17.8 Å². The summed E-state index contributed by atoms with van der Waals surface area (Å²) in [6.45, 7) is 2.32. The topological polar surface area (TPSA) is 175 Å². The van der Waals surface area contributed by atoms with E-state index in [1.165, 1.54) is 0 Å². The second-order valence-electron chi connectivity index (χ2n) is 12.1. The monoisotopic (exact) mass is 611 g/mol. The van der Waals surface area contributed by atoms with Gasteiger partial charge in [0.05, 0.1) is 28.3 Å². The second kappa shape index (κ2) is 12.0. The minimum Gasteiger partial charge on any atom is -0.446 e. The van der Waals surface area contributed by atoms with Crippen LogP contribution in [0.5, 0.6) is 0 Å². The molecule has 1 aliphatic heterocycles. The van der Waals surface area contributed by atoms with Gasteiger partial charge in [-0.3, -0.25) is 24.4 Å². The van der Waals surface area contributed by atoms with E-state index in [1.807, 2.05) is 25.1 Å². The standard InChI is InChI=1S/C30H37N5O7S/c1-18-8-9-19(17-31)25(13-18)32-29(39)42-21-14-23-24(15-21)27(37)35(2)12-6-4-3-5-7-20-16-30(20,33-26(23)36)28(38)34-43(40,41)22-10-11-22/h5,7-9,13,20-24H,3-4,6,10-12,14-16H2,1-2H3,(H,32,39)(H,33,36)(H,34,38). The largest absolute Gasteiger partial charge is 0.446 e. The van der Waals surface area contributed by atoms with E-state index in [-0.39, 0.29) is 36.7 Å². The van der Waals surface area contributed by atoms with Crippen molar-refractivity contribution in [3.63, 3.8) is 0 Å². The molecule has 0 spiro atoms.